The number of amides is 1. The summed E-state index contributed by atoms with van der Waals surface area (Å²) in [6.07, 6.45) is 4.11. The van der Waals surface area contributed by atoms with Crippen LogP contribution in [0.3, 0.4) is 0 Å². The Labute approximate surface area is 139 Å². The van der Waals surface area contributed by atoms with Gasteiger partial charge < -0.3 is 9.84 Å². The van der Waals surface area contributed by atoms with Crippen LogP contribution in [-0.2, 0) is 11.3 Å². The Morgan fingerprint density at radius 1 is 1.43 bits per heavy atom. The van der Waals surface area contributed by atoms with Crippen molar-refractivity contribution in [2.75, 3.05) is 13.1 Å². The van der Waals surface area contributed by atoms with Gasteiger partial charge in [-0.05, 0) is 32.7 Å². The van der Waals surface area contributed by atoms with Crippen molar-refractivity contribution in [3.8, 4) is 0 Å². The minimum absolute atomic E-state index is 0.0653. The molecule has 1 saturated heterocycles. The van der Waals surface area contributed by atoms with E-state index in [4.69, 9.17) is 4.52 Å². The van der Waals surface area contributed by atoms with Gasteiger partial charge in [0.15, 0.2) is 5.82 Å². The summed E-state index contributed by atoms with van der Waals surface area (Å²) in [4.78, 5) is 19.1. The van der Waals surface area contributed by atoms with Crippen LogP contribution in [-0.4, -0.2) is 40.1 Å². The molecular weight excluding hydrogens is 292 g/mol. The lowest BCUT2D eigenvalue weighted by Crippen LogP contribution is -2.45. The molecule has 1 N–H and O–H groups in total. The second-order valence-corrected chi connectivity index (χ2v) is 6.97. The molecule has 2 atom stereocenters. The van der Waals surface area contributed by atoms with Gasteiger partial charge in [-0.25, -0.2) is 0 Å². The summed E-state index contributed by atoms with van der Waals surface area (Å²) in [6.45, 7) is 10.7. The summed E-state index contributed by atoms with van der Waals surface area (Å²) in [5, 5.41) is 7.14. The highest BCUT2D eigenvalue weighted by molar-refractivity contribution is 5.79. The first-order chi connectivity index (χ1) is 11.0. The largest absolute Gasteiger partial charge is 0.353 e. The predicted molar refractivity (Wildman–Crippen MR) is 88.9 cm³/mol. The molecule has 0 bridgehead atoms. The van der Waals surface area contributed by atoms with E-state index in [-0.39, 0.29) is 23.8 Å². The average Bonchev–Trinajstić information content (AvgIpc) is 2.96. The third kappa shape index (κ3) is 5.30. The van der Waals surface area contributed by atoms with Crippen LogP contribution in [0.25, 0.3) is 0 Å². The predicted octanol–water partition coefficient (Wildman–Crippen LogP) is 2.71. The molecule has 0 radical (unpaired) electrons. The van der Waals surface area contributed by atoms with Crippen molar-refractivity contribution in [1.29, 1.82) is 0 Å². The van der Waals surface area contributed by atoms with Crippen molar-refractivity contribution < 1.29 is 9.32 Å². The SMILES string of the molecule is CCC[C@@H](C)NC(=O)[C@H]1CCCN(Cc2nc(C(C)C)no2)C1. The van der Waals surface area contributed by atoms with Crippen LogP contribution in [0.4, 0.5) is 0 Å². The molecule has 130 valence electrons. The first-order valence-corrected chi connectivity index (χ1v) is 8.84. The maximum absolute atomic E-state index is 12.4. The zero-order valence-corrected chi connectivity index (χ0v) is 14.8. The van der Waals surface area contributed by atoms with E-state index in [1.807, 2.05) is 13.8 Å². The van der Waals surface area contributed by atoms with Gasteiger partial charge in [-0.15, -0.1) is 0 Å². The maximum Gasteiger partial charge on any atom is 0.240 e. The first-order valence-electron chi connectivity index (χ1n) is 8.84. The van der Waals surface area contributed by atoms with Crippen LogP contribution in [0.2, 0.25) is 0 Å². The molecule has 2 rings (SSSR count). The molecule has 1 aliphatic rings. The fraction of sp³-hybridized carbons (Fsp3) is 0.824. The molecular formula is C17H30N4O2. The number of piperidine rings is 1. The Morgan fingerprint density at radius 2 is 2.22 bits per heavy atom. The average molecular weight is 322 g/mol. The highest BCUT2D eigenvalue weighted by atomic mass is 16.5. The number of hydrogen-bond acceptors (Lipinski definition) is 5. The molecule has 0 spiro atoms. The van der Waals surface area contributed by atoms with E-state index in [9.17, 15) is 4.79 Å². The van der Waals surface area contributed by atoms with Crippen molar-refractivity contribution in [2.24, 2.45) is 5.92 Å². The van der Waals surface area contributed by atoms with Crippen LogP contribution in [0, 0.1) is 5.92 Å². The number of carbonyl (C=O) groups excluding carboxylic acids is 1. The quantitative estimate of drug-likeness (QED) is 0.835. The summed E-state index contributed by atoms with van der Waals surface area (Å²) < 4.78 is 5.32. The molecule has 1 fully saturated rings. The van der Waals surface area contributed by atoms with Crippen LogP contribution >= 0.6 is 0 Å². The van der Waals surface area contributed by atoms with E-state index in [1.165, 1.54) is 0 Å². The lowest BCUT2D eigenvalue weighted by atomic mass is 9.96. The Morgan fingerprint density at radius 3 is 2.87 bits per heavy atom. The van der Waals surface area contributed by atoms with Gasteiger partial charge in [0.05, 0.1) is 12.5 Å². The third-order valence-electron chi connectivity index (χ3n) is 4.35. The fourth-order valence-electron chi connectivity index (χ4n) is 3.04. The van der Waals surface area contributed by atoms with E-state index in [2.05, 4.69) is 34.2 Å². The standard InChI is InChI=1S/C17H30N4O2/c1-5-7-13(4)18-17(22)14-8-6-9-21(10-14)11-15-19-16(12(2)3)20-23-15/h12-14H,5-11H2,1-4H3,(H,18,22)/t13-,14+/m1/s1. The van der Waals surface area contributed by atoms with Crippen LogP contribution < -0.4 is 5.32 Å². The first kappa shape index (κ1) is 17.9. The lowest BCUT2D eigenvalue weighted by Gasteiger charge is -2.31. The number of rotatable bonds is 7. The molecule has 0 saturated carbocycles. The van der Waals surface area contributed by atoms with Crippen molar-refractivity contribution in [3.05, 3.63) is 11.7 Å². The summed E-state index contributed by atoms with van der Waals surface area (Å²) in [7, 11) is 0. The molecule has 1 amide bonds. The van der Waals surface area contributed by atoms with E-state index in [0.717, 1.165) is 44.6 Å². The summed E-state index contributed by atoms with van der Waals surface area (Å²) in [6, 6.07) is 0.257. The van der Waals surface area contributed by atoms with Gasteiger partial charge in [0.1, 0.15) is 0 Å². The van der Waals surface area contributed by atoms with Crippen molar-refractivity contribution in [1.82, 2.24) is 20.4 Å². The molecule has 1 aromatic rings. The highest BCUT2D eigenvalue weighted by Crippen LogP contribution is 2.19. The highest BCUT2D eigenvalue weighted by Gasteiger charge is 2.27. The van der Waals surface area contributed by atoms with Crippen LogP contribution in [0.1, 0.15) is 71.0 Å². The number of nitrogens with one attached hydrogen (secondary N) is 1. The number of nitrogens with zero attached hydrogens (tertiary/aromatic N) is 3. The molecule has 2 heterocycles. The fourth-order valence-corrected chi connectivity index (χ4v) is 3.04. The second-order valence-electron chi connectivity index (χ2n) is 6.97. The topological polar surface area (TPSA) is 71.3 Å². The van der Waals surface area contributed by atoms with E-state index in [1.54, 1.807) is 0 Å². The smallest absolute Gasteiger partial charge is 0.240 e. The molecule has 0 unspecified atom stereocenters. The van der Waals surface area contributed by atoms with Crippen molar-refractivity contribution in [2.45, 2.75) is 71.9 Å². The minimum atomic E-state index is 0.0653. The van der Waals surface area contributed by atoms with Gasteiger partial charge in [0.2, 0.25) is 11.8 Å². The van der Waals surface area contributed by atoms with Gasteiger partial charge >= 0.3 is 0 Å². The molecule has 0 aromatic carbocycles. The second kappa shape index (κ2) is 8.43. The van der Waals surface area contributed by atoms with Gasteiger partial charge in [-0.1, -0.05) is 32.3 Å². The Hall–Kier alpha value is -1.43. The molecule has 0 aliphatic carbocycles. The molecule has 23 heavy (non-hydrogen) atoms. The van der Waals surface area contributed by atoms with Gasteiger partial charge in [0.25, 0.3) is 0 Å². The van der Waals surface area contributed by atoms with E-state index in [0.29, 0.717) is 12.4 Å². The maximum atomic E-state index is 12.4. The van der Waals surface area contributed by atoms with Gasteiger partial charge in [0, 0.05) is 18.5 Å². The van der Waals surface area contributed by atoms with Crippen molar-refractivity contribution >= 4 is 5.91 Å². The molecule has 6 nitrogen and oxygen atoms in total. The van der Waals surface area contributed by atoms with Gasteiger partial charge in [-0.2, -0.15) is 4.98 Å². The molecule has 1 aliphatic heterocycles. The van der Waals surface area contributed by atoms with Crippen molar-refractivity contribution in [3.63, 3.8) is 0 Å². The Bertz CT molecular complexity index is 501. The van der Waals surface area contributed by atoms with E-state index >= 15 is 0 Å². The lowest BCUT2D eigenvalue weighted by molar-refractivity contribution is -0.127. The van der Waals surface area contributed by atoms with Gasteiger partial charge in [-0.3, -0.25) is 9.69 Å². The zero-order valence-electron chi connectivity index (χ0n) is 14.8. The monoisotopic (exact) mass is 322 g/mol. The Kier molecular flexibility index (Phi) is 6.57. The molecule has 1 aromatic heterocycles. The van der Waals surface area contributed by atoms with E-state index < -0.39 is 0 Å². The number of hydrogen-bond donors (Lipinski definition) is 1. The third-order valence-corrected chi connectivity index (χ3v) is 4.35. The number of carbonyl (C=O) groups is 1. The Balaban J connectivity index is 1.86. The normalized spacial score (nSPS) is 20.7. The summed E-state index contributed by atoms with van der Waals surface area (Å²) in [5.41, 5.74) is 0. The number of aromatic nitrogens is 2. The zero-order chi connectivity index (χ0) is 16.8. The van der Waals surface area contributed by atoms with Crippen LogP contribution in [0.5, 0.6) is 0 Å². The number of likely N-dealkylation sites (tertiary alicyclic amines) is 1. The van der Waals surface area contributed by atoms with Crippen LogP contribution in [0.15, 0.2) is 4.52 Å². The summed E-state index contributed by atoms with van der Waals surface area (Å²) >= 11 is 0. The molecule has 6 heteroatoms. The minimum Gasteiger partial charge on any atom is -0.353 e. The summed E-state index contributed by atoms with van der Waals surface area (Å²) in [5.74, 6) is 1.92.